The van der Waals surface area contributed by atoms with E-state index >= 15 is 0 Å². The summed E-state index contributed by atoms with van der Waals surface area (Å²) in [5.74, 6) is 0. The molecule has 1 aromatic rings. The smallest absolute Gasteiger partial charge is 0.320 e. The summed E-state index contributed by atoms with van der Waals surface area (Å²) in [6.07, 6.45) is 9.94. The van der Waals surface area contributed by atoms with Crippen molar-refractivity contribution >= 4 is 0 Å². The van der Waals surface area contributed by atoms with Gasteiger partial charge in [0.25, 0.3) is 5.56 Å². The van der Waals surface area contributed by atoms with Crippen molar-refractivity contribution in [1.82, 2.24) is 9.55 Å². The van der Waals surface area contributed by atoms with Crippen molar-refractivity contribution in [3.8, 4) is 0 Å². The minimum absolute atomic E-state index is 0.204. The Labute approximate surface area is 117 Å². The van der Waals surface area contributed by atoms with Gasteiger partial charge in [-0.05, 0) is 17.6 Å². The number of nitrogens with one attached hydrogen (secondary N) is 1. The number of rotatable bonds is 2. The molecular formula is C15H19N3O2. The van der Waals surface area contributed by atoms with E-state index in [4.69, 9.17) is 5.73 Å². The Hall–Kier alpha value is -2.14. The first-order chi connectivity index (χ1) is 9.52. The van der Waals surface area contributed by atoms with Crippen LogP contribution in [0.1, 0.15) is 19.0 Å². The molecule has 1 heterocycles. The lowest BCUT2D eigenvalue weighted by atomic mass is 10.2. The van der Waals surface area contributed by atoms with Gasteiger partial charge in [-0.15, -0.1) is 0 Å². The maximum absolute atomic E-state index is 11.1. The SMILES string of the molecule is CCCc1cc(=O)n(C)c(=O)[nH]1.NC1C2=CC=C1C=C2. The molecule has 3 N–H and O–H groups in total. The molecule has 0 amide bonds. The van der Waals surface area contributed by atoms with Gasteiger partial charge in [-0.1, -0.05) is 37.6 Å². The maximum atomic E-state index is 11.1. The molecule has 2 aliphatic rings. The Morgan fingerprint density at radius 1 is 1.25 bits per heavy atom. The number of H-pyrrole nitrogens is 1. The first-order valence-electron chi connectivity index (χ1n) is 6.67. The highest BCUT2D eigenvalue weighted by atomic mass is 16.2. The molecule has 0 radical (unpaired) electrons. The van der Waals surface area contributed by atoms with Gasteiger partial charge in [0.2, 0.25) is 0 Å². The van der Waals surface area contributed by atoms with Gasteiger partial charge in [0.1, 0.15) is 0 Å². The quantitative estimate of drug-likeness (QED) is 0.835. The fourth-order valence-electron chi connectivity index (χ4n) is 2.11. The van der Waals surface area contributed by atoms with Gasteiger partial charge in [0.05, 0.1) is 6.04 Å². The van der Waals surface area contributed by atoms with E-state index in [9.17, 15) is 9.59 Å². The average molecular weight is 273 g/mol. The van der Waals surface area contributed by atoms with Crippen LogP contribution in [0.4, 0.5) is 0 Å². The lowest BCUT2D eigenvalue weighted by molar-refractivity contribution is 0.742. The Balaban J connectivity index is 0.000000157. The number of aryl methyl sites for hydroxylation is 1. The third-order valence-electron chi connectivity index (χ3n) is 3.37. The van der Waals surface area contributed by atoms with Crippen LogP contribution >= 0.6 is 0 Å². The molecule has 2 aliphatic carbocycles. The van der Waals surface area contributed by atoms with Crippen molar-refractivity contribution in [1.29, 1.82) is 0 Å². The average Bonchev–Trinajstić information content (AvgIpc) is 2.95. The van der Waals surface area contributed by atoms with Crippen LogP contribution in [-0.4, -0.2) is 15.6 Å². The summed E-state index contributed by atoms with van der Waals surface area (Å²) < 4.78 is 1.05. The number of hydrogen-bond donors (Lipinski definition) is 2. The number of aromatic nitrogens is 2. The van der Waals surface area contributed by atoms with Crippen LogP contribution in [0.25, 0.3) is 0 Å². The molecule has 0 saturated heterocycles. The summed E-state index contributed by atoms with van der Waals surface area (Å²) >= 11 is 0. The summed E-state index contributed by atoms with van der Waals surface area (Å²) in [7, 11) is 1.46. The predicted molar refractivity (Wildman–Crippen MR) is 79.6 cm³/mol. The van der Waals surface area contributed by atoms with Crippen molar-refractivity contribution in [2.45, 2.75) is 25.8 Å². The zero-order valence-corrected chi connectivity index (χ0v) is 11.7. The molecule has 0 aromatic carbocycles. The molecule has 2 bridgehead atoms. The topological polar surface area (TPSA) is 80.9 Å². The van der Waals surface area contributed by atoms with E-state index in [0.29, 0.717) is 5.69 Å². The van der Waals surface area contributed by atoms with Crippen LogP contribution in [0.3, 0.4) is 0 Å². The largest absolute Gasteiger partial charge is 0.328 e. The summed E-state index contributed by atoms with van der Waals surface area (Å²) in [5, 5.41) is 0. The molecule has 5 nitrogen and oxygen atoms in total. The summed E-state index contributed by atoms with van der Waals surface area (Å²) in [4.78, 5) is 24.7. The third-order valence-corrected chi connectivity index (χ3v) is 3.37. The predicted octanol–water partition coefficient (Wildman–Crippen LogP) is 0.776. The second-order valence-electron chi connectivity index (χ2n) is 4.89. The number of allylic oxidation sites excluding steroid dienone is 2. The zero-order chi connectivity index (χ0) is 14.7. The van der Waals surface area contributed by atoms with Crippen LogP contribution in [0.2, 0.25) is 0 Å². The molecule has 0 unspecified atom stereocenters. The molecule has 0 fully saturated rings. The van der Waals surface area contributed by atoms with Crippen LogP contribution in [0.15, 0.2) is 51.1 Å². The van der Waals surface area contributed by atoms with Gasteiger partial charge < -0.3 is 10.7 Å². The Morgan fingerprint density at radius 3 is 2.20 bits per heavy atom. The maximum Gasteiger partial charge on any atom is 0.328 e. The van der Waals surface area contributed by atoms with E-state index in [1.807, 2.05) is 6.92 Å². The highest BCUT2D eigenvalue weighted by Crippen LogP contribution is 2.26. The normalized spacial score (nSPS) is 15.8. The first kappa shape index (κ1) is 14.3. The van der Waals surface area contributed by atoms with Crippen LogP contribution in [0.5, 0.6) is 0 Å². The lowest BCUT2D eigenvalue weighted by Crippen LogP contribution is -2.32. The van der Waals surface area contributed by atoms with Gasteiger partial charge in [0, 0.05) is 18.8 Å². The van der Waals surface area contributed by atoms with Gasteiger partial charge in [-0.25, -0.2) is 4.79 Å². The van der Waals surface area contributed by atoms with E-state index in [-0.39, 0.29) is 17.3 Å². The number of nitrogens with two attached hydrogens (primary N) is 1. The lowest BCUT2D eigenvalue weighted by Gasteiger charge is -1.99. The molecular weight excluding hydrogens is 254 g/mol. The fraction of sp³-hybridized carbons (Fsp3) is 0.333. The van der Waals surface area contributed by atoms with Crippen molar-refractivity contribution in [3.05, 3.63) is 68.0 Å². The molecule has 3 rings (SSSR count). The van der Waals surface area contributed by atoms with Crippen molar-refractivity contribution in [2.24, 2.45) is 12.8 Å². The minimum atomic E-state index is -0.342. The Kier molecular flexibility index (Phi) is 4.20. The van der Waals surface area contributed by atoms with E-state index in [1.165, 1.54) is 24.3 Å². The molecule has 0 atom stereocenters. The molecule has 106 valence electrons. The van der Waals surface area contributed by atoms with Crippen LogP contribution in [0, 0.1) is 0 Å². The van der Waals surface area contributed by atoms with Crippen molar-refractivity contribution in [2.75, 3.05) is 0 Å². The van der Waals surface area contributed by atoms with Crippen LogP contribution in [-0.2, 0) is 13.5 Å². The highest BCUT2D eigenvalue weighted by Gasteiger charge is 2.19. The standard InChI is InChI=1S/C8H12N2O2.C7H7N/c1-3-4-6-5-7(11)10(2)8(12)9-6;8-7-5-1-2-6(7)4-3-5/h5H,3-4H2,1-2H3,(H,9,12);1-4,7H,8H2. The summed E-state index contributed by atoms with van der Waals surface area (Å²) in [6, 6.07) is 1.67. The zero-order valence-electron chi connectivity index (χ0n) is 11.7. The number of aromatic amines is 1. The third kappa shape index (κ3) is 2.88. The monoisotopic (exact) mass is 273 g/mol. The van der Waals surface area contributed by atoms with E-state index in [2.05, 4.69) is 29.3 Å². The van der Waals surface area contributed by atoms with Gasteiger partial charge >= 0.3 is 5.69 Å². The van der Waals surface area contributed by atoms with Crippen molar-refractivity contribution < 1.29 is 0 Å². The Bertz CT molecular complexity index is 651. The number of hydrogen-bond acceptors (Lipinski definition) is 3. The first-order valence-corrected chi connectivity index (χ1v) is 6.67. The van der Waals surface area contributed by atoms with Gasteiger partial charge in [0.15, 0.2) is 0 Å². The van der Waals surface area contributed by atoms with E-state index in [0.717, 1.165) is 17.4 Å². The molecule has 5 heteroatoms. The number of fused-ring (bicyclic) bond motifs is 2. The van der Waals surface area contributed by atoms with Gasteiger partial charge in [-0.2, -0.15) is 0 Å². The second kappa shape index (κ2) is 5.88. The minimum Gasteiger partial charge on any atom is -0.320 e. The molecule has 0 spiro atoms. The number of nitrogens with zero attached hydrogens (tertiary/aromatic N) is 1. The fourth-order valence-corrected chi connectivity index (χ4v) is 2.11. The molecule has 0 saturated carbocycles. The molecule has 20 heavy (non-hydrogen) atoms. The highest BCUT2D eigenvalue weighted by molar-refractivity contribution is 5.55. The summed E-state index contributed by atoms with van der Waals surface area (Å²) in [6.45, 7) is 2.00. The van der Waals surface area contributed by atoms with Crippen molar-refractivity contribution in [3.63, 3.8) is 0 Å². The molecule has 0 aliphatic heterocycles. The molecule has 1 aromatic heterocycles. The van der Waals surface area contributed by atoms with E-state index < -0.39 is 0 Å². The Morgan fingerprint density at radius 2 is 1.85 bits per heavy atom. The summed E-state index contributed by atoms with van der Waals surface area (Å²) in [5.41, 5.74) is 8.31. The van der Waals surface area contributed by atoms with E-state index in [1.54, 1.807) is 0 Å². The second-order valence-corrected chi connectivity index (χ2v) is 4.89. The van der Waals surface area contributed by atoms with Gasteiger partial charge in [-0.3, -0.25) is 9.36 Å². The van der Waals surface area contributed by atoms with Crippen LogP contribution < -0.4 is 17.0 Å².